The number of halogens is 1. The fraction of sp³-hybridized carbons (Fsp3) is 0.684. The highest BCUT2D eigenvalue weighted by molar-refractivity contribution is 5.25. The summed E-state index contributed by atoms with van der Waals surface area (Å²) in [5, 5.41) is 7.38. The van der Waals surface area contributed by atoms with Crippen molar-refractivity contribution in [2.45, 2.75) is 50.6 Å². The molecule has 4 heteroatoms. The average molecular weight is 320 g/mol. The third-order valence-corrected chi connectivity index (χ3v) is 5.45. The van der Waals surface area contributed by atoms with Crippen LogP contribution in [0.4, 0.5) is 4.39 Å². The van der Waals surface area contributed by atoms with E-state index >= 15 is 0 Å². The molecule has 1 aliphatic carbocycles. The molecule has 0 bridgehead atoms. The molecule has 2 fully saturated rings. The lowest BCUT2D eigenvalue weighted by Gasteiger charge is -2.35. The van der Waals surface area contributed by atoms with E-state index in [1.807, 2.05) is 6.07 Å². The van der Waals surface area contributed by atoms with Gasteiger partial charge in [0.15, 0.2) is 0 Å². The van der Waals surface area contributed by atoms with Crippen molar-refractivity contribution >= 4 is 0 Å². The van der Waals surface area contributed by atoms with E-state index in [9.17, 15) is 4.39 Å². The van der Waals surface area contributed by atoms with Gasteiger partial charge in [-0.1, -0.05) is 32.4 Å². The second-order valence-corrected chi connectivity index (χ2v) is 7.61. The largest absolute Gasteiger partial charge is 0.379 e. The summed E-state index contributed by atoms with van der Waals surface area (Å²) < 4.78 is 19.1. The Balaban J connectivity index is 1.60. The molecule has 3 rings (SSSR count). The molecule has 1 aliphatic heterocycles. The van der Waals surface area contributed by atoms with Gasteiger partial charge in [-0.3, -0.25) is 0 Å². The summed E-state index contributed by atoms with van der Waals surface area (Å²) in [6.07, 6.45) is 3.77. The Bertz CT molecular complexity index is 514. The second kappa shape index (κ2) is 7.29. The van der Waals surface area contributed by atoms with Crippen LogP contribution < -0.4 is 10.6 Å². The molecule has 128 valence electrons. The van der Waals surface area contributed by atoms with Crippen LogP contribution in [0.25, 0.3) is 0 Å². The molecular formula is C19H29FN2O. The van der Waals surface area contributed by atoms with Crippen molar-refractivity contribution in [3.8, 4) is 0 Å². The topological polar surface area (TPSA) is 33.3 Å². The molecule has 1 aromatic rings. The lowest BCUT2D eigenvalue weighted by molar-refractivity contribution is 0.0522. The van der Waals surface area contributed by atoms with Crippen molar-refractivity contribution in [1.82, 2.24) is 10.6 Å². The first-order valence-corrected chi connectivity index (χ1v) is 8.87. The Morgan fingerprint density at radius 3 is 2.96 bits per heavy atom. The van der Waals surface area contributed by atoms with Crippen LogP contribution in [0.5, 0.6) is 0 Å². The molecule has 2 aliphatic rings. The summed E-state index contributed by atoms with van der Waals surface area (Å²) in [6, 6.07) is 7.99. The van der Waals surface area contributed by atoms with Gasteiger partial charge in [0, 0.05) is 30.6 Å². The Hall–Kier alpha value is -0.970. The van der Waals surface area contributed by atoms with E-state index < -0.39 is 0 Å². The smallest absolute Gasteiger partial charge is 0.123 e. The summed E-state index contributed by atoms with van der Waals surface area (Å²) in [5.41, 5.74) is 0.977. The quantitative estimate of drug-likeness (QED) is 0.875. The minimum absolute atomic E-state index is 0.0776. The summed E-state index contributed by atoms with van der Waals surface area (Å²) in [5.74, 6) is 0.483. The highest BCUT2D eigenvalue weighted by Crippen LogP contribution is 2.31. The van der Waals surface area contributed by atoms with Crippen LogP contribution in [0.2, 0.25) is 0 Å². The zero-order chi connectivity index (χ0) is 16.3. The fourth-order valence-corrected chi connectivity index (χ4v) is 3.98. The number of benzene rings is 1. The van der Waals surface area contributed by atoms with Crippen molar-refractivity contribution in [3.63, 3.8) is 0 Å². The van der Waals surface area contributed by atoms with Gasteiger partial charge < -0.3 is 15.4 Å². The van der Waals surface area contributed by atoms with E-state index in [0.29, 0.717) is 18.0 Å². The van der Waals surface area contributed by atoms with Gasteiger partial charge in [-0.15, -0.1) is 0 Å². The highest BCUT2D eigenvalue weighted by Gasteiger charge is 2.35. The molecule has 1 saturated carbocycles. The lowest BCUT2D eigenvalue weighted by Crippen LogP contribution is -2.52. The van der Waals surface area contributed by atoms with E-state index in [2.05, 4.69) is 24.5 Å². The SMILES string of the molecule is CC(C)(CNC1CCCC1C1COCCN1)c1cccc(F)c1. The molecule has 23 heavy (non-hydrogen) atoms. The van der Waals surface area contributed by atoms with Gasteiger partial charge in [-0.2, -0.15) is 0 Å². The number of ether oxygens (including phenoxy) is 1. The molecule has 0 spiro atoms. The average Bonchev–Trinajstić information content (AvgIpc) is 3.02. The molecule has 1 saturated heterocycles. The Labute approximate surface area is 139 Å². The molecule has 2 N–H and O–H groups in total. The number of rotatable bonds is 5. The maximum atomic E-state index is 13.5. The Morgan fingerprint density at radius 1 is 1.35 bits per heavy atom. The number of hydrogen-bond donors (Lipinski definition) is 2. The molecule has 3 unspecified atom stereocenters. The van der Waals surface area contributed by atoms with Gasteiger partial charge in [0.05, 0.1) is 13.2 Å². The van der Waals surface area contributed by atoms with Gasteiger partial charge in [0.2, 0.25) is 0 Å². The van der Waals surface area contributed by atoms with Gasteiger partial charge in [-0.25, -0.2) is 4.39 Å². The first kappa shape index (κ1) is 16.9. The van der Waals surface area contributed by atoms with Crippen molar-refractivity contribution in [3.05, 3.63) is 35.6 Å². The first-order valence-electron chi connectivity index (χ1n) is 8.87. The Kier molecular flexibility index (Phi) is 5.34. The van der Waals surface area contributed by atoms with Crippen molar-refractivity contribution in [2.75, 3.05) is 26.3 Å². The van der Waals surface area contributed by atoms with E-state index in [-0.39, 0.29) is 11.2 Å². The third kappa shape index (κ3) is 4.11. The summed E-state index contributed by atoms with van der Waals surface area (Å²) in [6.45, 7) is 7.85. The number of nitrogens with one attached hydrogen (secondary N) is 2. The maximum absolute atomic E-state index is 13.5. The van der Waals surface area contributed by atoms with E-state index in [1.54, 1.807) is 12.1 Å². The molecule has 1 aromatic carbocycles. The monoisotopic (exact) mass is 320 g/mol. The van der Waals surface area contributed by atoms with Crippen molar-refractivity contribution in [1.29, 1.82) is 0 Å². The predicted molar refractivity (Wildman–Crippen MR) is 91.2 cm³/mol. The van der Waals surface area contributed by atoms with Gasteiger partial charge in [0.1, 0.15) is 5.82 Å². The number of morpholine rings is 1. The summed E-state index contributed by atoms with van der Waals surface area (Å²) in [7, 11) is 0. The summed E-state index contributed by atoms with van der Waals surface area (Å²) in [4.78, 5) is 0. The van der Waals surface area contributed by atoms with Crippen LogP contribution in [0.3, 0.4) is 0 Å². The molecule has 0 aromatic heterocycles. The van der Waals surface area contributed by atoms with Crippen LogP contribution in [-0.2, 0) is 10.2 Å². The van der Waals surface area contributed by atoms with Crippen LogP contribution in [-0.4, -0.2) is 38.4 Å². The van der Waals surface area contributed by atoms with Gasteiger partial charge in [0.25, 0.3) is 0 Å². The molecule has 3 nitrogen and oxygen atoms in total. The Morgan fingerprint density at radius 2 is 2.22 bits per heavy atom. The van der Waals surface area contributed by atoms with Crippen LogP contribution in [0.1, 0.15) is 38.7 Å². The van der Waals surface area contributed by atoms with Crippen molar-refractivity contribution in [2.24, 2.45) is 5.92 Å². The predicted octanol–water partition coefficient (Wildman–Crippen LogP) is 2.85. The van der Waals surface area contributed by atoms with E-state index in [1.165, 1.54) is 25.3 Å². The zero-order valence-electron chi connectivity index (χ0n) is 14.3. The van der Waals surface area contributed by atoms with Gasteiger partial charge >= 0.3 is 0 Å². The first-order chi connectivity index (χ1) is 11.1. The maximum Gasteiger partial charge on any atom is 0.123 e. The standard InChI is InChI=1S/C19H29FN2O/c1-19(2,14-5-3-6-15(20)11-14)13-22-17-8-4-7-16(17)18-12-23-10-9-21-18/h3,5-6,11,16-18,21-22H,4,7-10,12-13H2,1-2H3. The number of hydrogen-bond acceptors (Lipinski definition) is 3. The zero-order valence-corrected chi connectivity index (χ0v) is 14.3. The highest BCUT2D eigenvalue weighted by atomic mass is 19.1. The lowest BCUT2D eigenvalue weighted by atomic mass is 9.83. The minimum Gasteiger partial charge on any atom is -0.379 e. The van der Waals surface area contributed by atoms with E-state index in [4.69, 9.17) is 4.74 Å². The van der Waals surface area contributed by atoms with Crippen molar-refractivity contribution < 1.29 is 9.13 Å². The minimum atomic E-state index is -0.155. The van der Waals surface area contributed by atoms with Crippen LogP contribution in [0, 0.1) is 11.7 Å². The molecule has 0 amide bonds. The van der Waals surface area contributed by atoms with Crippen LogP contribution in [0.15, 0.2) is 24.3 Å². The second-order valence-electron chi connectivity index (χ2n) is 7.61. The normalized spacial score (nSPS) is 28.9. The molecule has 1 heterocycles. The molecule has 3 atom stereocenters. The third-order valence-electron chi connectivity index (χ3n) is 5.45. The molecular weight excluding hydrogens is 291 g/mol. The van der Waals surface area contributed by atoms with E-state index in [0.717, 1.165) is 31.9 Å². The van der Waals surface area contributed by atoms with Gasteiger partial charge in [-0.05, 0) is 36.5 Å². The van der Waals surface area contributed by atoms with Crippen LogP contribution >= 0.6 is 0 Å². The fourth-order valence-electron chi connectivity index (χ4n) is 3.98. The summed E-state index contributed by atoms with van der Waals surface area (Å²) >= 11 is 0. The molecule has 0 radical (unpaired) electrons.